The van der Waals surface area contributed by atoms with Crippen molar-refractivity contribution in [3.63, 3.8) is 0 Å². The number of hydrogen-bond acceptors (Lipinski definition) is 9. The zero-order chi connectivity index (χ0) is 27.7. The summed E-state index contributed by atoms with van der Waals surface area (Å²) in [5, 5.41) is 10.8. The van der Waals surface area contributed by atoms with E-state index in [-0.39, 0.29) is 23.7 Å². The van der Waals surface area contributed by atoms with Gasteiger partial charge in [0.15, 0.2) is 5.76 Å². The highest BCUT2D eigenvalue weighted by Crippen LogP contribution is 2.40. The second-order valence-corrected chi connectivity index (χ2v) is 10.1. The Labute approximate surface area is 225 Å². The molecule has 39 heavy (non-hydrogen) atoms. The molecule has 1 aromatic carbocycles. The predicted octanol–water partition coefficient (Wildman–Crippen LogP) is 2.84. The number of aromatic hydroxyl groups is 1. The summed E-state index contributed by atoms with van der Waals surface area (Å²) in [6.07, 6.45) is 0.821. The quantitative estimate of drug-likeness (QED) is 0.433. The molecule has 3 atom stereocenters. The van der Waals surface area contributed by atoms with Gasteiger partial charge in [-0.3, -0.25) is 19.3 Å². The van der Waals surface area contributed by atoms with E-state index < -0.39 is 23.1 Å². The van der Waals surface area contributed by atoms with Crippen LogP contribution < -0.4 is 20.5 Å². The Morgan fingerprint density at radius 3 is 2.64 bits per heavy atom. The van der Waals surface area contributed by atoms with E-state index >= 15 is 0 Å². The van der Waals surface area contributed by atoms with Gasteiger partial charge in [0, 0.05) is 55.0 Å². The number of piperidine rings is 1. The monoisotopic (exact) mass is 536 g/mol. The van der Waals surface area contributed by atoms with E-state index in [1.807, 2.05) is 10.6 Å². The summed E-state index contributed by atoms with van der Waals surface area (Å²) in [4.78, 5) is 39.9. The Kier molecular flexibility index (Phi) is 7.47. The molecule has 0 amide bonds. The van der Waals surface area contributed by atoms with Gasteiger partial charge in [-0.25, -0.2) is 0 Å². The van der Waals surface area contributed by atoms with Crippen LogP contribution in [0, 0.1) is 5.92 Å². The highest BCUT2D eigenvalue weighted by molar-refractivity contribution is 5.71. The first-order valence-electron chi connectivity index (χ1n) is 12.9. The van der Waals surface area contributed by atoms with Gasteiger partial charge in [0.05, 0.1) is 40.2 Å². The van der Waals surface area contributed by atoms with E-state index in [2.05, 4.69) is 4.90 Å². The normalized spacial score (nSPS) is 19.2. The molecular formula is C29H32N2O8. The highest BCUT2D eigenvalue weighted by atomic mass is 16.5. The molecule has 206 valence electrons. The summed E-state index contributed by atoms with van der Waals surface area (Å²) in [5.41, 5.74) is 0.994. The van der Waals surface area contributed by atoms with E-state index in [1.54, 1.807) is 30.3 Å². The Bertz CT molecular complexity index is 1490. The van der Waals surface area contributed by atoms with E-state index in [0.717, 1.165) is 18.7 Å². The fourth-order valence-corrected chi connectivity index (χ4v) is 5.91. The van der Waals surface area contributed by atoms with Crippen LogP contribution in [-0.2, 0) is 22.6 Å². The van der Waals surface area contributed by atoms with E-state index in [4.69, 9.17) is 18.6 Å². The number of fused-ring (bicyclic) bond motifs is 4. The molecule has 2 aromatic heterocycles. The number of esters is 1. The fourth-order valence-electron chi connectivity index (χ4n) is 5.91. The molecule has 0 saturated carbocycles. The van der Waals surface area contributed by atoms with Crippen molar-refractivity contribution in [3.05, 3.63) is 85.8 Å². The van der Waals surface area contributed by atoms with Crippen LogP contribution in [0.5, 0.6) is 17.2 Å². The zero-order valence-corrected chi connectivity index (χ0v) is 22.2. The molecule has 10 nitrogen and oxygen atoms in total. The molecule has 3 aromatic rings. The van der Waals surface area contributed by atoms with Crippen LogP contribution in [0.1, 0.15) is 47.5 Å². The van der Waals surface area contributed by atoms with Crippen LogP contribution >= 0.6 is 0 Å². The molecule has 2 aliphatic rings. The molecule has 0 unspecified atom stereocenters. The van der Waals surface area contributed by atoms with Crippen molar-refractivity contribution in [2.24, 2.45) is 5.92 Å². The molecule has 2 bridgehead atoms. The number of carbonyl (C=O) groups excluding carboxylic acids is 1. The van der Waals surface area contributed by atoms with Crippen molar-refractivity contribution in [1.29, 1.82) is 0 Å². The highest BCUT2D eigenvalue weighted by Gasteiger charge is 2.35. The van der Waals surface area contributed by atoms with Gasteiger partial charge in [-0.15, -0.1) is 0 Å². The van der Waals surface area contributed by atoms with E-state index in [0.29, 0.717) is 48.4 Å². The minimum atomic E-state index is -0.842. The third kappa shape index (κ3) is 5.29. The van der Waals surface area contributed by atoms with Crippen molar-refractivity contribution >= 4 is 5.97 Å². The smallest absolute Gasteiger partial charge is 0.306 e. The van der Waals surface area contributed by atoms with Gasteiger partial charge in [-0.1, -0.05) is 12.1 Å². The van der Waals surface area contributed by atoms with Crippen LogP contribution in [0.15, 0.2) is 56.5 Å². The number of nitrogens with zero attached hydrogens (tertiary/aromatic N) is 2. The molecule has 0 radical (unpaired) electrons. The number of carbonyl (C=O) groups is 1. The maximum Gasteiger partial charge on any atom is 0.306 e. The van der Waals surface area contributed by atoms with Gasteiger partial charge in [0.1, 0.15) is 17.3 Å². The first kappa shape index (κ1) is 26.6. The molecule has 0 aliphatic carbocycles. The number of benzene rings is 1. The number of aromatic nitrogens is 1. The average Bonchev–Trinajstić information content (AvgIpc) is 2.93. The third-order valence-electron chi connectivity index (χ3n) is 7.67. The van der Waals surface area contributed by atoms with Crippen molar-refractivity contribution in [2.45, 2.75) is 37.8 Å². The molecule has 1 N–H and O–H groups in total. The topological polar surface area (TPSA) is 120 Å². The summed E-state index contributed by atoms with van der Waals surface area (Å²) >= 11 is 0. The average molecular weight is 537 g/mol. The number of methoxy groups -OCH3 is 3. The molecule has 1 fully saturated rings. The number of likely N-dealkylation sites (tertiary alicyclic amines) is 1. The van der Waals surface area contributed by atoms with Crippen molar-refractivity contribution in [2.75, 3.05) is 34.4 Å². The lowest BCUT2D eigenvalue weighted by Gasteiger charge is -2.42. The predicted molar refractivity (Wildman–Crippen MR) is 141 cm³/mol. The largest absolute Gasteiger partial charge is 0.502 e. The lowest BCUT2D eigenvalue weighted by Crippen LogP contribution is -2.46. The molecule has 0 spiro atoms. The van der Waals surface area contributed by atoms with Crippen LogP contribution in [0.25, 0.3) is 0 Å². The van der Waals surface area contributed by atoms with E-state index in [1.165, 1.54) is 27.4 Å². The molecule has 5 rings (SSSR count). The minimum absolute atomic E-state index is 0.0235. The van der Waals surface area contributed by atoms with Gasteiger partial charge in [-0.05, 0) is 24.5 Å². The summed E-state index contributed by atoms with van der Waals surface area (Å²) in [6, 6.07) is 11.8. The molecule has 4 heterocycles. The summed E-state index contributed by atoms with van der Waals surface area (Å²) in [5.74, 6) is -0.135. The van der Waals surface area contributed by atoms with Gasteiger partial charge in [0.2, 0.25) is 11.2 Å². The molecule has 2 aliphatic heterocycles. The van der Waals surface area contributed by atoms with E-state index in [9.17, 15) is 19.5 Å². The zero-order valence-electron chi connectivity index (χ0n) is 22.2. The van der Waals surface area contributed by atoms with Crippen molar-refractivity contribution in [3.8, 4) is 17.2 Å². The van der Waals surface area contributed by atoms with Gasteiger partial charge < -0.3 is 28.3 Å². The van der Waals surface area contributed by atoms with Crippen LogP contribution in [-0.4, -0.2) is 55.0 Å². The van der Waals surface area contributed by atoms with Crippen LogP contribution in [0.4, 0.5) is 0 Å². The minimum Gasteiger partial charge on any atom is -0.502 e. The maximum absolute atomic E-state index is 12.9. The Balaban J connectivity index is 1.48. The van der Waals surface area contributed by atoms with Gasteiger partial charge in [0.25, 0.3) is 5.56 Å². The first-order chi connectivity index (χ1) is 18.8. The standard InChI is InChI=1S/C29H32N2O8/c1-36-19-7-8-21(25(11-19)37-2)22(12-27(34)38-3)29-28(35)24(32)10-20(39-29)16-30-13-17-9-18(15-30)23-5-4-6-26(33)31(23)14-17/h4-8,10-11,17-18,22,35H,9,12-16H2,1-3H3/t17-,18-,22+/m0/s1. The van der Waals surface area contributed by atoms with Crippen molar-refractivity contribution < 1.29 is 28.5 Å². The second-order valence-electron chi connectivity index (χ2n) is 10.1. The van der Waals surface area contributed by atoms with Crippen LogP contribution in [0.3, 0.4) is 0 Å². The Hall–Kier alpha value is -4.05. The first-order valence-corrected chi connectivity index (χ1v) is 12.9. The molecular weight excluding hydrogens is 504 g/mol. The Morgan fingerprint density at radius 2 is 1.90 bits per heavy atom. The molecule has 1 saturated heterocycles. The number of hydrogen-bond donors (Lipinski definition) is 1. The van der Waals surface area contributed by atoms with Gasteiger partial charge in [-0.2, -0.15) is 0 Å². The number of ether oxygens (including phenoxy) is 3. The number of rotatable bonds is 8. The lowest BCUT2D eigenvalue weighted by atomic mass is 9.83. The SMILES string of the molecule is COC(=O)C[C@H](c1ccc(OC)cc1OC)c1oc(CN2C[C@@H]3C[C@@H](C2)c2cccc(=O)n2C3)cc(=O)c1O. The third-order valence-corrected chi connectivity index (χ3v) is 7.67. The van der Waals surface area contributed by atoms with Gasteiger partial charge >= 0.3 is 5.97 Å². The fraction of sp³-hybridized carbons (Fsp3) is 0.414. The second kappa shape index (κ2) is 11.0. The Morgan fingerprint density at radius 1 is 1.08 bits per heavy atom. The maximum atomic E-state index is 12.9. The summed E-state index contributed by atoms with van der Waals surface area (Å²) in [6.45, 7) is 2.45. The van der Waals surface area contributed by atoms with Crippen LogP contribution in [0.2, 0.25) is 0 Å². The molecule has 10 heteroatoms. The number of pyridine rings is 1. The lowest BCUT2D eigenvalue weighted by molar-refractivity contribution is -0.140. The van der Waals surface area contributed by atoms with Crippen molar-refractivity contribution in [1.82, 2.24) is 9.47 Å². The summed E-state index contributed by atoms with van der Waals surface area (Å²) in [7, 11) is 4.29. The summed E-state index contributed by atoms with van der Waals surface area (Å²) < 4.78 is 23.8.